The third kappa shape index (κ3) is 3.47. The number of hydrogen-bond acceptors (Lipinski definition) is 2. The Bertz CT molecular complexity index is 879. The smallest absolute Gasteiger partial charge is 0.129 e. The molecule has 0 unspecified atom stereocenters. The van der Waals surface area contributed by atoms with Gasteiger partial charge in [0.15, 0.2) is 0 Å². The Hall–Kier alpha value is -2.33. The van der Waals surface area contributed by atoms with E-state index in [0.717, 1.165) is 6.54 Å². The second-order valence-corrected chi connectivity index (χ2v) is 7.08. The average Bonchev–Trinajstić information content (AvgIpc) is 2.94. The molecule has 1 fully saturated rings. The van der Waals surface area contributed by atoms with Crippen LogP contribution in [0.5, 0.6) is 5.75 Å². The zero-order chi connectivity index (χ0) is 17.9. The molecule has 0 radical (unpaired) electrons. The quantitative estimate of drug-likeness (QED) is 0.651. The molecule has 0 N–H and O–H groups in total. The van der Waals surface area contributed by atoms with Crippen molar-refractivity contribution in [2.75, 3.05) is 13.1 Å². The average molecular weight is 352 g/mol. The van der Waals surface area contributed by atoms with Crippen LogP contribution >= 0.6 is 0 Å². The number of rotatable bonds is 5. The van der Waals surface area contributed by atoms with Gasteiger partial charge in [-0.2, -0.15) is 0 Å². The van der Waals surface area contributed by atoms with E-state index in [1.165, 1.54) is 66.6 Å². The molecule has 1 saturated heterocycles. The van der Waals surface area contributed by atoms with Crippen LogP contribution in [0.2, 0.25) is 0 Å². The molecular weight excluding hydrogens is 327 g/mol. The summed E-state index contributed by atoms with van der Waals surface area (Å²) in [5, 5.41) is 1.30. The van der Waals surface area contributed by atoms with Crippen LogP contribution in [0.4, 0.5) is 4.39 Å². The molecule has 0 spiro atoms. The fourth-order valence-electron chi connectivity index (χ4n) is 3.91. The van der Waals surface area contributed by atoms with Crippen LogP contribution in [0, 0.1) is 5.82 Å². The molecule has 1 aliphatic heterocycles. The van der Waals surface area contributed by atoms with Crippen molar-refractivity contribution in [3.8, 4) is 5.75 Å². The van der Waals surface area contributed by atoms with Crippen LogP contribution in [0.15, 0.2) is 48.5 Å². The number of likely N-dealkylation sites (tertiary alicyclic amines) is 1. The minimum absolute atomic E-state index is 0.243. The number of fused-ring (bicyclic) bond motifs is 1. The maximum atomic E-state index is 13.1. The summed E-state index contributed by atoms with van der Waals surface area (Å²) in [7, 11) is 2.10. The molecule has 1 aliphatic rings. The first kappa shape index (κ1) is 17.1. The lowest BCUT2D eigenvalue weighted by Gasteiger charge is -2.26. The first-order valence-corrected chi connectivity index (χ1v) is 9.38. The molecule has 4 heteroatoms. The monoisotopic (exact) mass is 352 g/mol. The number of ether oxygens (including phenoxy) is 1. The zero-order valence-electron chi connectivity index (χ0n) is 15.2. The molecule has 4 rings (SSSR count). The van der Waals surface area contributed by atoms with Crippen molar-refractivity contribution in [3.05, 3.63) is 65.6 Å². The summed E-state index contributed by atoms with van der Waals surface area (Å²) >= 11 is 0. The molecule has 0 saturated carbocycles. The first-order chi connectivity index (χ1) is 12.7. The van der Waals surface area contributed by atoms with E-state index >= 15 is 0 Å². The number of aromatic nitrogens is 1. The topological polar surface area (TPSA) is 17.4 Å². The number of para-hydroxylation sites is 1. The molecule has 1 aromatic heterocycles. The lowest BCUT2D eigenvalue weighted by Crippen LogP contribution is -2.29. The van der Waals surface area contributed by atoms with Crippen molar-refractivity contribution >= 4 is 10.9 Å². The summed E-state index contributed by atoms with van der Waals surface area (Å²) in [4.78, 5) is 2.55. The van der Waals surface area contributed by atoms with Gasteiger partial charge in [-0.25, -0.2) is 4.39 Å². The van der Waals surface area contributed by atoms with E-state index in [0.29, 0.717) is 12.4 Å². The van der Waals surface area contributed by atoms with E-state index in [4.69, 9.17) is 4.74 Å². The normalized spacial score (nSPS) is 15.5. The molecule has 136 valence electrons. The lowest BCUT2D eigenvalue weighted by atomic mass is 10.1. The highest BCUT2D eigenvalue weighted by molar-refractivity contribution is 5.85. The van der Waals surface area contributed by atoms with E-state index < -0.39 is 0 Å². The summed E-state index contributed by atoms with van der Waals surface area (Å²) in [5.41, 5.74) is 3.78. The van der Waals surface area contributed by atoms with Gasteiger partial charge in [0.05, 0.1) is 5.69 Å². The third-order valence-corrected chi connectivity index (χ3v) is 5.36. The minimum atomic E-state index is -0.243. The molecule has 0 amide bonds. The number of nitrogens with zero attached hydrogens (tertiary/aromatic N) is 2. The molecule has 2 heterocycles. The molecule has 0 bridgehead atoms. The van der Waals surface area contributed by atoms with Gasteiger partial charge in [-0.3, -0.25) is 4.90 Å². The van der Waals surface area contributed by atoms with Crippen molar-refractivity contribution in [2.24, 2.45) is 7.05 Å². The molecule has 26 heavy (non-hydrogen) atoms. The number of piperidine rings is 1. The minimum Gasteiger partial charge on any atom is -0.487 e. The Morgan fingerprint density at radius 1 is 0.962 bits per heavy atom. The van der Waals surface area contributed by atoms with E-state index in [1.807, 2.05) is 0 Å². The molecule has 2 aromatic carbocycles. The fraction of sp³-hybridized carbons (Fsp3) is 0.364. The first-order valence-electron chi connectivity index (χ1n) is 9.38. The van der Waals surface area contributed by atoms with Crippen LogP contribution in [0.25, 0.3) is 10.9 Å². The van der Waals surface area contributed by atoms with E-state index in [9.17, 15) is 4.39 Å². The van der Waals surface area contributed by atoms with E-state index in [-0.39, 0.29) is 5.82 Å². The van der Waals surface area contributed by atoms with Gasteiger partial charge in [-0.15, -0.1) is 0 Å². The van der Waals surface area contributed by atoms with Crippen molar-refractivity contribution < 1.29 is 9.13 Å². The predicted molar refractivity (Wildman–Crippen MR) is 103 cm³/mol. The number of benzene rings is 2. The van der Waals surface area contributed by atoms with Gasteiger partial charge in [0.2, 0.25) is 0 Å². The number of aryl methyl sites for hydroxylation is 1. The number of halogens is 1. The van der Waals surface area contributed by atoms with Crippen molar-refractivity contribution in [3.63, 3.8) is 0 Å². The highest BCUT2D eigenvalue weighted by Gasteiger charge is 2.19. The van der Waals surface area contributed by atoms with Crippen molar-refractivity contribution in [2.45, 2.75) is 32.4 Å². The molecule has 3 nitrogen and oxygen atoms in total. The van der Waals surface area contributed by atoms with Crippen molar-refractivity contribution in [1.29, 1.82) is 0 Å². The Labute approximate surface area is 154 Å². The maximum absolute atomic E-state index is 13.1. The van der Waals surface area contributed by atoms with Gasteiger partial charge < -0.3 is 9.30 Å². The Morgan fingerprint density at radius 2 is 1.69 bits per heavy atom. The highest BCUT2D eigenvalue weighted by atomic mass is 19.1. The van der Waals surface area contributed by atoms with Crippen LogP contribution in [0.1, 0.15) is 30.5 Å². The Balaban J connectivity index is 1.64. The Morgan fingerprint density at radius 3 is 2.46 bits per heavy atom. The molecule has 0 atom stereocenters. The second kappa shape index (κ2) is 7.50. The predicted octanol–water partition coefficient (Wildman–Crippen LogP) is 4.88. The van der Waals surface area contributed by atoms with E-state index in [1.54, 1.807) is 12.1 Å². The fourth-order valence-corrected chi connectivity index (χ4v) is 3.91. The maximum Gasteiger partial charge on any atom is 0.129 e. The highest BCUT2D eigenvalue weighted by Crippen LogP contribution is 2.28. The summed E-state index contributed by atoms with van der Waals surface area (Å²) in [6.45, 7) is 3.78. The molecule has 3 aromatic rings. The SMILES string of the molecule is Cn1c(COc2ccc(F)cc2)c(CN2CCCCC2)c2ccccc21. The zero-order valence-corrected chi connectivity index (χ0v) is 15.2. The number of hydrogen-bond donors (Lipinski definition) is 0. The standard InChI is InChI=1S/C22H25FN2O/c1-24-21-8-4-3-7-19(21)20(15-25-13-5-2-6-14-25)22(24)16-26-18-11-9-17(23)10-12-18/h3-4,7-12H,2,5-6,13-16H2,1H3. The van der Waals surface area contributed by atoms with E-state index in [2.05, 4.69) is 40.8 Å². The van der Waals surface area contributed by atoms with Crippen molar-refractivity contribution in [1.82, 2.24) is 9.47 Å². The second-order valence-electron chi connectivity index (χ2n) is 7.08. The van der Waals surface area contributed by atoms with Gasteiger partial charge in [-0.05, 0) is 61.8 Å². The van der Waals surface area contributed by atoms with Crippen LogP contribution in [-0.2, 0) is 20.2 Å². The summed E-state index contributed by atoms with van der Waals surface area (Å²) in [5.74, 6) is 0.452. The Kier molecular flexibility index (Phi) is 4.93. The largest absolute Gasteiger partial charge is 0.487 e. The van der Waals surface area contributed by atoms with Gasteiger partial charge in [-0.1, -0.05) is 24.6 Å². The summed E-state index contributed by atoms with van der Waals surface area (Å²) in [6.07, 6.45) is 3.91. The van der Waals surface area contributed by atoms with Crippen LogP contribution < -0.4 is 4.74 Å². The third-order valence-electron chi connectivity index (χ3n) is 5.36. The van der Waals surface area contributed by atoms with Gasteiger partial charge >= 0.3 is 0 Å². The summed E-state index contributed by atoms with van der Waals surface area (Å²) < 4.78 is 21.3. The van der Waals surface area contributed by atoms with Gasteiger partial charge in [0.25, 0.3) is 0 Å². The van der Waals surface area contributed by atoms with Crippen LogP contribution in [-0.4, -0.2) is 22.6 Å². The molecular formula is C22H25FN2O. The van der Waals surface area contributed by atoms with Gasteiger partial charge in [0.1, 0.15) is 18.2 Å². The lowest BCUT2D eigenvalue weighted by molar-refractivity contribution is 0.218. The molecule has 0 aliphatic carbocycles. The summed E-state index contributed by atoms with van der Waals surface area (Å²) in [6, 6.07) is 14.8. The van der Waals surface area contributed by atoms with Gasteiger partial charge in [0, 0.05) is 24.5 Å². The van der Waals surface area contributed by atoms with Crippen LogP contribution in [0.3, 0.4) is 0 Å².